The molecule has 1 aliphatic carbocycles. The second-order valence-corrected chi connectivity index (χ2v) is 4.10. The summed E-state index contributed by atoms with van der Waals surface area (Å²) in [4.78, 5) is 0. The summed E-state index contributed by atoms with van der Waals surface area (Å²) in [5, 5.41) is 4.44. The van der Waals surface area contributed by atoms with Gasteiger partial charge in [-0.1, -0.05) is 6.42 Å². The van der Waals surface area contributed by atoms with E-state index in [2.05, 4.69) is 9.69 Å². The number of hydrogen-bond donors (Lipinski definition) is 2. The molecule has 0 bridgehead atoms. The van der Waals surface area contributed by atoms with Gasteiger partial charge in [-0.05, 0) is 30.3 Å². The Kier molecular flexibility index (Phi) is 2.17. The van der Waals surface area contributed by atoms with Crippen LogP contribution in [0.4, 0.5) is 10.8 Å². The standard InChI is InChI=1S/C8H13N3S/c9-7-4-8(12-11-7)10-5-6-2-1-3-6/h4,6,10H,1-3,5H2,(H2,9,11). The van der Waals surface area contributed by atoms with Crippen LogP contribution < -0.4 is 11.1 Å². The van der Waals surface area contributed by atoms with Crippen LogP contribution in [0.3, 0.4) is 0 Å². The maximum atomic E-state index is 5.49. The molecule has 0 saturated heterocycles. The van der Waals surface area contributed by atoms with Crippen LogP contribution in [0.2, 0.25) is 0 Å². The van der Waals surface area contributed by atoms with Gasteiger partial charge in [0.25, 0.3) is 0 Å². The molecule has 1 saturated carbocycles. The first-order valence-electron chi connectivity index (χ1n) is 4.30. The highest BCUT2D eigenvalue weighted by Crippen LogP contribution is 2.27. The minimum Gasteiger partial charge on any atom is -0.383 e. The highest BCUT2D eigenvalue weighted by molar-refractivity contribution is 7.10. The van der Waals surface area contributed by atoms with Gasteiger partial charge >= 0.3 is 0 Å². The largest absolute Gasteiger partial charge is 0.383 e. The van der Waals surface area contributed by atoms with Crippen molar-refractivity contribution in [3.05, 3.63) is 6.07 Å². The third-order valence-corrected chi connectivity index (χ3v) is 3.08. The van der Waals surface area contributed by atoms with Crippen LogP contribution in [0.5, 0.6) is 0 Å². The first-order valence-corrected chi connectivity index (χ1v) is 5.08. The third kappa shape index (κ3) is 1.69. The second-order valence-electron chi connectivity index (χ2n) is 3.29. The summed E-state index contributed by atoms with van der Waals surface area (Å²) in [6.07, 6.45) is 4.15. The fraction of sp³-hybridized carbons (Fsp3) is 0.625. The van der Waals surface area contributed by atoms with Gasteiger partial charge in [0, 0.05) is 12.6 Å². The Hall–Kier alpha value is -0.770. The maximum absolute atomic E-state index is 5.49. The van der Waals surface area contributed by atoms with Gasteiger partial charge in [0.1, 0.15) is 10.8 Å². The molecule has 1 aromatic rings. The van der Waals surface area contributed by atoms with E-state index in [0.717, 1.165) is 17.5 Å². The summed E-state index contributed by atoms with van der Waals surface area (Å²) >= 11 is 1.44. The third-order valence-electron chi connectivity index (χ3n) is 2.32. The molecule has 0 radical (unpaired) electrons. The molecule has 2 rings (SSSR count). The molecule has 1 aliphatic rings. The molecular weight excluding hydrogens is 170 g/mol. The van der Waals surface area contributed by atoms with Gasteiger partial charge in [-0.15, -0.1) is 0 Å². The van der Waals surface area contributed by atoms with Crippen LogP contribution in [0, 0.1) is 5.92 Å². The Labute approximate surface area is 76.1 Å². The van der Waals surface area contributed by atoms with Crippen molar-refractivity contribution in [2.75, 3.05) is 17.6 Å². The van der Waals surface area contributed by atoms with Gasteiger partial charge in [-0.2, -0.15) is 4.37 Å². The fourth-order valence-corrected chi connectivity index (χ4v) is 1.89. The summed E-state index contributed by atoms with van der Waals surface area (Å²) in [5.74, 6) is 1.50. The summed E-state index contributed by atoms with van der Waals surface area (Å²) in [6.45, 7) is 1.08. The van der Waals surface area contributed by atoms with Crippen molar-refractivity contribution in [1.82, 2.24) is 4.37 Å². The molecule has 12 heavy (non-hydrogen) atoms. The summed E-state index contributed by atoms with van der Waals surface area (Å²) in [6, 6.07) is 1.89. The molecule has 4 heteroatoms. The van der Waals surface area contributed by atoms with Crippen LogP contribution in [-0.2, 0) is 0 Å². The minimum atomic E-state index is 0.621. The number of anilines is 2. The van der Waals surface area contributed by atoms with Gasteiger partial charge in [0.05, 0.1) is 0 Å². The number of hydrogen-bond acceptors (Lipinski definition) is 4. The minimum absolute atomic E-state index is 0.621. The molecular formula is C8H13N3S. The van der Waals surface area contributed by atoms with Gasteiger partial charge in [0.15, 0.2) is 0 Å². The Morgan fingerprint density at radius 2 is 2.50 bits per heavy atom. The van der Waals surface area contributed by atoms with Crippen molar-refractivity contribution in [3.63, 3.8) is 0 Å². The average Bonchev–Trinajstić information content (AvgIpc) is 2.32. The van der Waals surface area contributed by atoms with E-state index in [1.165, 1.54) is 30.8 Å². The van der Waals surface area contributed by atoms with Crippen molar-refractivity contribution < 1.29 is 0 Å². The zero-order valence-electron chi connectivity index (χ0n) is 6.92. The lowest BCUT2D eigenvalue weighted by atomic mass is 9.85. The molecule has 66 valence electrons. The quantitative estimate of drug-likeness (QED) is 0.753. The van der Waals surface area contributed by atoms with E-state index in [1.54, 1.807) is 0 Å². The van der Waals surface area contributed by atoms with E-state index in [9.17, 15) is 0 Å². The SMILES string of the molecule is Nc1cc(NCC2CCC2)sn1. The van der Waals surface area contributed by atoms with Gasteiger partial charge in [-0.25, -0.2) is 0 Å². The lowest BCUT2D eigenvalue weighted by Gasteiger charge is -2.25. The van der Waals surface area contributed by atoms with Crippen LogP contribution in [0.25, 0.3) is 0 Å². The molecule has 3 N–H and O–H groups in total. The van der Waals surface area contributed by atoms with Gasteiger partial charge in [-0.3, -0.25) is 0 Å². The average molecular weight is 183 g/mol. The van der Waals surface area contributed by atoms with Gasteiger partial charge in [0.2, 0.25) is 0 Å². The highest BCUT2D eigenvalue weighted by atomic mass is 32.1. The normalized spacial score (nSPS) is 17.3. The van der Waals surface area contributed by atoms with Crippen molar-refractivity contribution in [2.45, 2.75) is 19.3 Å². The first-order chi connectivity index (χ1) is 5.84. The van der Waals surface area contributed by atoms with E-state index >= 15 is 0 Å². The van der Waals surface area contributed by atoms with E-state index in [0.29, 0.717) is 5.82 Å². The van der Waals surface area contributed by atoms with Crippen LogP contribution >= 0.6 is 11.5 Å². The number of nitrogens with two attached hydrogens (primary N) is 1. The van der Waals surface area contributed by atoms with E-state index in [4.69, 9.17) is 5.73 Å². The number of nitrogens with one attached hydrogen (secondary N) is 1. The molecule has 0 unspecified atom stereocenters. The van der Waals surface area contributed by atoms with E-state index in [-0.39, 0.29) is 0 Å². The fourth-order valence-electron chi connectivity index (χ4n) is 1.31. The lowest BCUT2D eigenvalue weighted by Crippen LogP contribution is -2.20. The number of aromatic nitrogens is 1. The lowest BCUT2D eigenvalue weighted by molar-refractivity contribution is 0.333. The molecule has 0 spiro atoms. The predicted octanol–water partition coefficient (Wildman–Crippen LogP) is 1.94. The smallest absolute Gasteiger partial charge is 0.139 e. The zero-order valence-corrected chi connectivity index (χ0v) is 7.73. The molecule has 1 heterocycles. The molecule has 3 nitrogen and oxygen atoms in total. The Morgan fingerprint density at radius 1 is 1.67 bits per heavy atom. The number of nitrogen functional groups attached to an aromatic ring is 1. The Morgan fingerprint density at radius 3 is 3.00 bits per heavy atom. The van der Waals surface area contributed by atoms with Crippen LogP contribution in [0.1, 0.15) is 19.3 Å². The van der Waals surface area contributed by atoms with Crippen molar-refractivity contribution in [1.29, 1.82) is 0 Å². The second kappa shape index (κ2) is 3.31. The highest BCUT2D eigenvalue weighted by Gasteiger charge is 2.16. The molecule has 1 fully saturated rings. The molecule has 0 amide bonds. The topological polar surface area (TPSA) is 50.9 Å². The number of rotatable bonds is 3. The molecule has 0 aromatic carbocycles. The molecule has 0 aliphatic heterocycles. The summed E-state index contributed by atoms with van der Waals surface area (Å²) < 4.78 is 4.00. The molecule has 0 atom stereocenters. The Bertz CT molecular complexity index is 255. The maximum Gasteiger partial charge on any atom is 0.139 e. The van der Waals surface area contributed by atoms with Crippen molar-refractivity contribution in [2.24, 2.45) is 5.92 Å². The van der Waals surface area contributed by atoms with Crippen molar-refractivity contribution >= 4 is 22.4 Å². The first kappa shape index (κ1) is 7.86. The van der Waals surface area contributed by atoms with Crippen molar-refractivity contribution in [3.8, 4) is 0 Å². The summed E-state index contributed by atoms with van der Waals surface area (Å²) in [5.41, 5.74) is 5.49. The van der Waals surface area contributed by atoms with Crippen LogP contribution in [0.15, 0.2) is 6.07 Å². The number of nitrogens with zero attached hydrogens (tertiary/aromatic N) is 1. The molecule has 1 aromatic heterocycles. The Balaban J connectivity index is 1.79. The summed E-state index contributed by atoms with van der Waals surface area (Å²) in [7, 11) is 0. The van der Waals surface area contributed by atoms with Crippen LogP contribution in [-0.4, -0.2) is 10.9 Å². The predicted molar refractivity (Wildman–Crippen MR) is 52.4 cm³/mol. The van der Waals surface area contributed by atoms with Gasteiger partial charge < -0.3 is 11.1 Å². The van der Waals surface area contributed by atoms with E-state index < -0.39 is 0 Å². The van der Waals surface area contributed by atoms with E-state index in [1.807, 2.05) is 6.07 Å². The zero-order chi connectivity index (χ0) is 8.39. The monoisotopic (exact) mass is 183 g/mol.